The van der Waals surface area contributed by atoms with Crippen LogP contribution in [-0.2, 0) is 0 Å². The first-order valence-corrected chi connectivity index (χ1v) is 13.6. The van der Waals surface area contributed by atoms with E-state index in [-0.39, 0.29) is 0 Å². The fraction of sp³-hybridized carbons (Fsp3) is 0. The van der Waals surface area contributed by atoms with Gasteiger partial charge in [0.25, 0.3) is 0 Å². The van der Waals surface area contributed by atoms with Crippen molar-refractivity contribution in [3.05, 3.63) is 90.1 Å². The Morgan fingerprint density at radius 1 is 0.724 bits per heavy atom. The van der Waals surface area contributed by atoms with Gasteiger partial charge < -0.3 is 0 Å². The maximum absolute atomic E-state index is 2.38. The van der Waals surface area contributed by atoms with E-state index in [2.05, 4.69) is 80.1 Å². The Labute approximate surface area is 188 Å². The molecule has 6 aromatic rings. The Balaban J connectivity index is 1.57. The second-order valence-corrected chi connectivity index (χ2v) is 11.1. The van der Waals surface area contributed by atoms with Gasteiger partial charge in [0.1, 0.15) is 0 Å². The van der Waals surface area contributed by atoms with Gasteiger partial charge >= 0.3 is 0 Å². The molecule has 0 bridgehead atoms. The third-order valence-corrected chi connectivity index (χ3v) is 9.06. The van der Waals surface area contributed by atoms with Gasteiger partial charge in [-0.05, 0) is 108 Å². The van der Waals surface area contributed by atoms with E-state index in [0.717, 1.165) is 0 Å². The molecule has 0 unspecified atom stereocenters. The van der Waals surface area contributed by atoms with Crippen molar-refractivity contribution in [2.24, 2.45) is 0 Å². The van der Waals surface area contributed by atoms with E-state index in [4.69, 9.17) is 0 Å². The van der Waals surface area contributed by atoms with Crippen LogP contribution in [0.2, 0.25) is 0 Å². The van der Waals surface area contributed by atoms with Gasteiger partial charge in [0.05, 0.1) is 0 Å². The van der Waals surface area contributed by atoms with E-state index in [1.54, 1.807) is 34.0 Å². The van der Waals surface area contributed by atoms with Crippen LogP contribution in [0.5, 0.6) is 0 Å². The van der Waals surface area contributed by atoms with Gasteiger partial charge in [-0.1, -0.05) is 0 Å². The van der Waals surface area contributed by atoms with Crippen molar-refractivity contribution in [3.63, 3.8) is 0 Å². The van der Waals surface area contributed by atoms with Gasteiger partial charge in [-0.25, -0.2) is 0 Å². The quantitative estimate of drug-likeness (QED) is 0.245. The summed E-state index contributed by atoms with van der Waals surface area (Å²) in [5.74, 6) is 0. The number of hydrogen-bond donors (Lipinski definition) is 0. The third kappa shape index (κ3) is 3.14. The highest BCUT2D eigenvalue weighted by atomic mass is 32.1. The van der Waals surface area contributed by atoms with Crippen molar-refractivity contribution < 1.29 is 0 Å². The van der Waals surface area contributed by atoms with Gasteiger partial charge in [-0.15, -0.1) is 22.7 Å². The molecule has 0 atom stereocenters. The lowest BCUT2D eigenvalue weighted by molar-refractivity contribution is 1.70. The van der Waals surface area contributed by atoms with Crippen molar-refractivity contribution >= 4 is 88.5 Å². The molecule has 0 nitrogen and oxygen atoms in total. The van der Waals surface area contributed by atoms with Gasteiger partial charge in [-0.3, -0.25) is 0 Å². The highest BCUT2D eigenvalue weighted by molar-refractivity contribution is 7.22. The summed E-state index contributed by atoms with van der Waals surface area (Å²) < 4.78 is 2.76. The van der Waals surface area contributed by atoms with E-state index in [9.17, 15) is 0 Å². The maximum atomic E-state index is 2.38. The minimum absolute atomic E-state index is 1.30. The molecule has 0 radical (unpaired) electrons. The number of fused-ring (bicyclic) bond motifs is 3. The molecule has 140 valence electrons. The largest absolute Gasteiger partial charge is 0.152 e. The average Bonchev–Trinajstić information content (AvgIpc) is 3.54. The minimum atomic E-state index is 1.30. The Bertz CT molecular complexity index is 1390. The second-order valence-electron chi connectivity index (χ2n) is 6.74. The van der Waals surface area contributed by atoms with Crippen LogP contribution in [0.25, 0.3) is 42.9 Å². The van der Waals surface area contributed by atoms with Gasteiger partial charge in [0.2, 0.25) is 0 Å². The monoisotopic (exact) mass is 462 g/mol. The zero-order valence-corrected chi connectivity index (χ0v) is 19.2. The van der Waals surface area contributed by atoms with Crippen LogP contribution in [0.15, 0.2) is 74.1 Å². The molecule has 0 saturated heterocycles. The fourth-order valence-corrected chi connectivity index (χ4v) is 7.72. The Morgan fingerprint density at radius 3 is 2.17 bits per heavy atom. The molecule has 0 spiro atoms. The number of thiophene rings is 5. The van der Waals surface area contributed by atoms with Crippen LogP contribution >= 0.6 is 56.7 Å². The topological polar surface area (TPSA) is 0 Å². The SMILES string of the molecule is C(=C(c1ccsc1)c1ccsc1)c1cc2c(cc(-c3ccsc3)c3ccsc32)s1. The summed E-state index contributed by atoms with van der Waals surface area (Å²) in [5, 5.41) is 18.2. The predicted molar refractivity (Wildman–Crippen MR) is 136 cm³/mol. The van der Waals surface area contributed by atoms with Crippen LogP contribution in [-0.4, -0.2) is 0 Å². The highest BCUT2D eigenvalue weighted by Crippen LogP contribution is 2.42. The van der Waals surface area contributed by atoms with Crippen LogP contribution in [0.1, 0.15) is 16.0 Å². The molecule has 0 saturated carbocycles. The second kappa shape index (κ2) is 7.35. The van der Waals surface area contributed by atoms with E-state index in [1.165, 1.54) is 52.9 Å². The molecule has 5 heteroatoms. The van der Waals surface area contributed by atoms with Gasteiger partial charge in [0.15, 0.2) is 0 Å². The lowest BCUT2D eigenvalue weighted by atomic mass is 10.0. The predicted octanol–water partition coefficient (Wildman–Crippen LogP) is 9.56. The zero-order chi connectivity index (χ0) is 19.2. The smallest absolute Gasteiger partial charge is 0.0436 e. The Morgan fingerprint density at radius 2 is 1.48 bits per heavy atom. The summed E-state index contributed by atoms with van der Waals surface area (Å²) in [4.78, 5) is 1.31. The lowest BCUT2D eigenvalue weighted by Crippen LogP contribution is -1.81. The zero-order valence-electron chi connectivity index (χ0n) is 15.1. The summed E-state index contributed by atoms with van der Waals surface area (Å²) in [7, 11) is 0. The number of hydrogen-bond acceptors (Lipinski definition) is 5. The van der Waals surface area contributed by atoms with Crippen LogP contribution in [0, 0.1) is 0 Å². The summed E-state index contributed by atoms with van der Waals surface area (Å²) in [6.07, 6.45) is 2.36. The molecule has 5 heterocycles. The van der Waals surface area contributed by atoms with Gasteiger partial charge in [-0.2, -0.15) is 34.0 Å². The average molecular weight is 463 g/mol. The van der Waals surface area contributed by atoms with Crippen molar-refractivity contribution in [1.82, 2.24) is 0 Å². The van der Waals surface area contributed by atoms with Crippen molar-refractivity contribution in [3.8, 4) is 11.1 Å². The third-order valence-electron chi connectivity index (χ3n) is 5.04. The fourth-order valence-electron chi connectivity index (χ4n) is 3.69. The molecule has 0 N–H and O–H groups in total. The number of benzene rings is 1. The first-order chi connectivity index (χ1) is 14.4. The molecule has 0 aliphatic carbocycles. The van der Waals surface area contributed by atoms with Crippen LogP contribution in [0.3, 0.4) is 0 Å². The molecule has 29 heavy (non-hydrogen) atoms. The standard InChI is InChI=1S/C24H14S5/c1-5-25-12-15(1)20(16-2-6-26-13-16)9-18-10-22-23(29-18)11-21(17-3-7-27-14-17)19-4-8-28-24(19)22/h1-14H. The highest BCUT2D eigenvalue weighted by Gasteiger charge is 2.14. The molecular formula is C24H14S5. The summed E-state index contributed by atoms with van der Waals surface area (Å²) in [5.41, 5.74) is 6.57. The summed E-state index contributed by atoms with van der Waals surface area (Å²) in [6.45, 7) is 0. The molecule has 0 fully saturated rings. The normalized spacial score (nSPS) is 11.4. The van der Waals surface area contributed by atoms with E-state index < -0.39 is 0 Å². The van der Waals surface area contributed by atoms with Crippen LogP contribution < -0.4 is 0 Å². The Kier molecular flexibility index (Phi) is 4.51. The molecule has 0 aliphatic rings. The first-order valence-electron chi connectivity index (χ1n) is 9.10. The van der Waals surface area contributed by atoms with E-state index >= 15 is 0 Å². The van der Waals surface area contributed by atoms with Crippen molar-refractivity contribution in [2.75, 3.05) is 0 Å². The molecular weight excluding hydrogens is 449 g/mol. The lowest BCUT2D eigenvalue weighted by Gasteiger charge is -2.02. The van der Waals surface area contributed by atoms with Gasteiger partial charge in [0, 0.05) is 25.0 Å². The molecule has 5 aromatic heterocycles. The van der Waals surface area contributed by atoms with Crippen LogP contribution in [0.4, 0.5) is 0 Å². The van der Waals surface area contributed by atoms with E-state index in [0.29, 0.717) is 0 Å². The molecule has 6 rings (SSSR count). The summed E-state index contributed by atoms with van der Waals surface area (Å²) in [6, 6.07) is 13.7. The summed E-state index contributed by atoms with van der Waals surface area (Å²) >= 11 is 9.01. The molecule has 0 amide bonds. The maximum Gasteiger partial charge on any atom is 0.0436 e. The number of rotatable bonds is 4. The first kappa shape index (κ1) is 17.8. The Hall–Kier alpha value is -2.02. The molecule has 1 aromatic carbocycles. The molecule has 0 aliphatic heterocycles. The minimum Gasteiger partial charge on any atom is -0.152 e. The van der Waals surface area contributed by atoms with Crippen molar-refractivity contribution in [1.29, 1.82) is 0 Å². The van der Waals surface area contributed by atoms with Crippen molar-refractivity contribution in [2.45, 2.75) is 0 Å². The van der Waals surface area contributed by atoms with E-state index in [1.807, 2.05) is 22.7 Å².